The monoisotopic (exact) mass is 391 g/mol. The van der Waals surface area contributed by atoms with E-state index in [1.807, 2.05) is 30.0 Å². The van der Waals surface area contributed by atoms with Crippen molar-refractivity contribution in [2.24, 2.45) is 0 Å². The zero-order valence-electron chi connectivity index (χ0n) is 17.5. The molecule has 0 N–H and O–H groups in total. The van der Waals surface area contributed by atoms with Crippen molar-refractivity contribution < 1.29 is 14.3 Å². The molecule has 4 rings (SSSR count). The Labute approximate surface area is 172 Å². The number of hydrogen-bond donors (Lipinski definition) is 0. The van der Waals surface area contributed by atoms with Gasteiger partial charge in [0.1, 0.15) is 0 Å². The van der Waals surface area contributed by atoms with E-state index >= 15 is 0 Å². The summed E-state index contributed by atoms with van der Waals surface area (Å²) in [5.41, 5.74) is 3.98. The molecule has 0 radical (unpaired) electrons. The van der Waals surface area contributed by atoms with E-state index in [0.717, 1.165) is 36.9 Å². The molecule has 2 heterocycles. The van der Waals surface area contributed by atoms with E-state index in [2.05, 4.69) is 31.2 Å². The molecule has 152 valence electrons. The number of esters is 1. The van der Waals surface area contributed by atoms with Crippen molar-refractivity contribution in [3.63, 3.8) is 0 Å². The van der Waals surface area contributed by atoms with Gasteiger partial charge in [0.25, 0.3) is 5.91 Å². The molecule has 2 aromatic carbocycles. The maximum atomic E-state index is 13.4. The van der Waals surface area contributed by atoms with Gasteiger partial charge in [0.15, 0.2) is 5.60 Å². The first kappa shape index (κ1) is 19.7. The Kier molecular flexibility index (Phi) is 5.20. The van der Waals surface area contributed by atoms with Gasteiger partial charge in [-0.25, -0.2) is 4.79 Å². The third kappa shape index (κ3) is 3.81. The van der Waals surface area contributed by atoms with Gasteiger partial charge >= 0.3 is 5.97 Å². The number of likely N-dealkylation sites (tertiary alicyclic amines) is 1. The van der Waals surface area contributed by atoms with Gasteiger partial charge in [-0.2, -0.15) is 0 Å². The predicted molar refractivity (Wildman–Crippen MR) is 113 cm³/mol. The van der Waals surface area contributed by atoms with Crippen molar-refractivity contribution in [1.82, 2.24) is 4.90 Å². The molecule has 1 saturated heterocycles. The molecule has 0 saturated carbocycles. The molecule has 2 aliphatic rings. The summed E-state index contributed by atoms with van der Waals surface area (Å²) in [5.74, 6) is -0.141. The van der Waals surface area contributed by atoms with Crippen LogP contribution in [0.25, 0.3) is 0 Å². The molecule has 2 unspecified atom stereocenters. The first-order chi connectivity index (χ1) is 13.9. The lowest BCUT2D eigenvalue weighted by Crippen LogP contribution is -2.55. The summed E-state index contributed by atoms with van der Waals surface area (Å²) >= 11 is 0. The highest BCUT2D eigenvalue weighted by Crippen LogP contribution is 2.33. The summed E-state index contributed by atoms with van der Waals surface area (Å²) in [6.07, 6.45) is 3.50. The smallest absolute Gasteiger partial charge is 0.339 e. The van der Waals surface area contributed by atoms with E-state index in [1.54, 1.807) is 6.92 Å². The van der Waals surface area contributed by atoms with Gasteiger partial charge in [0, 0.05) is 25.4 Å². The van der Waals surface area contributed by atoms with E-state index in [-0.39, 0.29) is 5.91 Å². The van der Waals surface area contributed by atoms with Crippen LogP contribution in [0.5, 0.6) is 0 Å². The molecular weight excluding hydrogens is 362 g/mol. The molecular formula is C25H29NO3. The molecule has 0 spiro atoms. The van der Waals surface area contributed by atoms with E-state index in [9.17, 15) is 9.59 Å². The van der Waals surface area contributed by atoms with Crippen LogP contribution in [0, 0.1) is 6.92 Å². The molecule has 4 heteroatoms. The quantitative estimate of drug-likeness (QED) is 0.727. The van der Waals surface area contributed by atoms with Crippen molar-refractivity contribution in [2.45, 2.75) is 58.0 Å². The minimum absolute atomic E-state index is 0.0769. The highest BCUT2D eigenvalue weighted by Gasteiger charge is 2.45. The zero-order chi connectivity index (χ0) is 20.6. The predicted octanol–water partition coefficient (Wildman–Crippen LogP) is 4.44. The highest BCUT2D eigenvalue weighted by atomic mass is 16.6. The number of amides is 1. The summed E-state index contributed by atoms with van der Waals surface area (Å²) in [7, 11) is 0. The van der Waals surface area contributed by atoms with Crippen LogP contribution in [0.3, 0.4) is 0 Å². The molecule has 1 fully saturated rings. The van der Waals surface area contributed by atoms with Crippen LogP contribution in [0.2, 0.25) is 0 Å². The van der Waals surface area contributed by atoms with Crippen LogP contribution >= 0.6 is 0 Å². The molecule has 4 nitrogen and oxygen atoms in total. The van der Waals surface area contributed by atoms with Crippen LogP contribution in [-0.2, 0) is 22.4 Å². The van der Waals surface area contributed by atoms with Gasteiger partial charge in [-0.15, -0.1) is 0 Å². The normalized spacial score (nSPS) is 24.0. The lowest BCUT2D eigenvalue weighted by Gasteiger charge is -2.40. The number of carbonyl (C=O) groups excluding carboxylic acids is 2. The van der Waals surface area contributed by atoms with Gasteiger partial charge in [-0.05, 0) is 55.9 Å². The van der Waals surface area contributed by atoms with Crippen molar-refractivity contribution in [3.05, 3.63) is 70.3 Å². The zero-order valence-corrected chi connectivity index (χ0v) is 17.5. The number of hydrogen-bond acceptors (Lipinski definition) is 3. The van der Waals surface area contributed by atoms with Crippen molar-refractivity contribution in [1.29, 1.82) is 0 Å². The maximum Gasteiger partial charge on any atom is 0.339 e. The number of fused-ring (bicyclic) bond motifs is 1. The lowest BCUT2D eigenvalue weighted by atomic mass is 9.86. The van der Waals surface area contributed by atoms with Crippen LogP contribution in [0.4, 0.5) is 0 Å². The van der Waals surface area contributed by atoms with E-state index in [0.29, 0.717) is 24.4 Å². The van der Waals surface area contributed by atoms with Crippen LogP contribution in [0.1, 0.15) is 65.2 Å². The molecule has 0 aromatic heterocycles. The Morgan fingerprint density at radius 1 is 1.21 bits per heavy atom. The summed E-state index contributed by atoms with van der Waals surface area (Å²) < 4.78 is 5.71. The van der Waals surface area contributed by atoms with Gasteiger partial charge in [-0.1, -0.05) is 48.9 Å². The summed E-state index contributed by atoms with van der Waals surface area (Å²) in [6.45, 7) is 7.26. The molecule has 1 amide bonds. The fourth-order valence-corrected chi connectivity index (χ4v) is 4.61. The first-order valence-electron chi connectivity index (χ1n) is 10.6. The molecule has 2 aliphatic heterocycles. The number of piperidine rings is 1. The number of carbonyl (C=O) groups is 2. The van der Waals surface area contributed by atoms with Gasteiger partial charge in [-0.3, -0.25) is 4.79 Å². The fraction of sp³-hybridized carbons (Fsp3) is 0.440. The van der Waals surface area contributed by atoms with Crippen molar-refractivity contribution in [2.75, 3.05) is 13.1 Å². The molecule has 2 aromatic rings. The van der Waals surface area contributed by atoms with Gasteiger partial charge in [0.2, 0.25) is 0 Å². The van der Waals surface area contributed by atoms with Crippen molar-refractivity contribution in [3.8, 4) is 0 Å². The summed E-state index contributed by atoms with van der Waals surface area (Å²) in [6, 6.07) is 14.5. The topological polar surface area (TPSA) is 46.6 Å². The number of nitrogens with zero attached hydrogens (tertiary/aromatic N) is 1. The fourth-order valence-electron chi connectivity index (χ4n) is 4.61. The van der Waals surface area contributed by atoms with E-state index in [4.69, 9.17) is 4.74 Å². The SMILES string of the molecule is CCc1ccc(C2CCCN(C(=O)C3(C)Cc4ccc(C)cc4C(=O)O3)C2)cc1. The molecule has 0 bridgehead atoms. The van der Waals surface area contributed by atoms with E-state index < -0.39 is 11.6 Å². The average molecular weight is 392 g/mol. The number of cyclic esters (lactones) is 1. The Balaban J connectivity index is 1.52. The largest absolute Gasteiger partial charge is 0.445 e. The average Bonchev–Trinajstić information content (AvgIpc) is 2.74. The molecule has 2 atom stereocenters. The van der Waals surface area contributed by atoms with Gasteiger partial charge < -0.3 is 9.64 Å². The second kappa shape index (κ2) is 7.66. The minimum Gasteiger partial charge on any atom is -0.445 e. The maximum absolute atomic E-state index is 13.4. The Morgan fingerprint density at radius 3 is 2.69 bits per heavy atom. The van der Waals surface area contributed by atoms with Crippen LogP contribution in [-0.4, -0.2) is 35.5 Å². The summed E-state index contributed by atoms with van der Waals surface area (Å²) in [5, 5.41) is 0. The highest BCUT2D eigenvalue weighted by molar-refractivity contribution is 5.97. The third-order valence-corrected chi connectivity index (χ3v) is 6.35. The molecule has 0 aliphatic carbocycles. The number of ether oxygens (including phenoxy) is 1. The number of aryl methyl sites for hydroxylation is 2. The minimum atomic E-state index is -1.13. The van der Waals surface area contributed by atoms with Gasteiger partial charge in [0.05, 0.1) is 5.56 Å². The second-order valence-corrected chi connectivity index (χ2v) is 8.64. The second-order valence-electron chi connectivity index (χ2n) is 8.64. The van der Waals surface area contributed by atoms with Crippen LogP contribution < -0.4 is 0 Å². The lowest BCUT2D eigenvalue weighted by molar-refractivity contribution is -0.152. The standard InChI is InChI=1S/C25H29NO3/c1-4-18-8-11-19(12-9-18)21-6-5-13-26(16-21)24(28)25(3)15-20-10-7-17(2)14-22(20)23(27)29-25/h7-12,14,21H,4-6,13,15-16H2,1-3H3. The van der Waals surface area contributed by atoms with E-state index in [1.165, 1.54) is 11.1 Å². The van der Waals surface area contributed by atoms with Crippen LogP contribution in [0.15, 0.2) is 42.5 Å². The first-order valence-corrected chi connectivity index (χ1v) is 10.6. The van der Waals surface area contributed by atoms with Crippen molar-refractivity contribution >= 4 is 11.9 Å². The Bertz CT molecular complexity index is 934. The third-order valence-electron chi connectivity index (χ3n) is 6.35. The Morgan fingerprint density at radius 2 is 1.97 bits per heavy atom. The summed E-state index contributed by atoms with van der Waals surface area (Å²) in [4.78, 5) is 27.9. The Hall–Kier alpha value is -2.62. The molecule has 29 heavy (non-hydrogen) atoms. The number of benzene rings is 2. The number of rotatable bonds is 3.